The quantitative estimate of drug-likeness (QED) is 0.896. The van der Waals surface area contributed by atoms with Crippen LogP contribution in [0.2, 0.25) is 0 Å². The maximum absolute atomic E-state index is 12.4. The highest BCUT2D eigenvalue weighted by Gasteiger charge is 2.26. The number of hydrogen-bond acceptors (Lipinski definition) is 3. The van der Waals surface area contributed by atoms with Crippen molar-refractivity contribution < 1.29 is 9.59 Å². The van der Waals surface area contributed by atoms with Crippen LogP contribution >= 0.6 is 27.3 Å². The van der Waals surface area contributed by atoms with Gasteiger partial charge in [0.2, 0.25) is 5.91 Å². The Bertz CT molecular complexity index is 481. The number of likely N-dealkylation sites (tertiary alicyclic amines) is 1. The van der Waals surface area contributed by atoms with E-state index in [9.17, 15) is 9.59 Å². The molecular weight excluding hydrogens is 328 g/mol. The van der Waals surface area contributed by atoms with Crippen LogP contribution in [0.25, 0.3) is 0 Å². The number of hydrogen-bond donors (Lipinski definition) is 1. The maximum Gasteiger partial charge on any atom is 0.264 e. The van der Waals surface area contributed by atoms with Crippen molar-refractivity contribution in [2.75, 3.05) is 13.1 Å². The summed E-state index contributed by atoms with van der Waals surface area (Å²) >= 11 is 4.91. The van der Waals surface area contributed by atoms with E-state index in [4.69, 9.17) is 0 Å². The van der Waals surface area contributed by atoms with E-state index >= 15 is 0 Å². The minimum Gasteiger partial charge on any atom is -0.352 e. The Kier molecular flexibility index (Phi) is 4.62. The largest absolute Gasteiger partial charge is 0.352 e. The SMILES string of the molecule is CC(=O)NC1CCCN(C(=O)c2cc(C)c(Br)s2)C1. The van der Waals surface area contributed by atoms with Crippen LogP contribution in [0.5, 0.6) is 0 Å². The lowest BCUT2D eigenvalue weighted by Crippen LogP contribution is -2.49. The first-order chi connectivity index (χ1) is 8.97. The summed E-state index contributed by atoms with van der Waals surface area (Å²) in [7, 11) is 0. The predicted octanol–water partition coefficient (Wildman–Crippen LogP) is 2.56. The second kappa shape index (κ2) is 6.05. The average Bonchev–Trinajstić information content (AvgIpc) is 2.68. The van der Waals surface area contributed by atoms with Crippen LogP contribution in [-0.4, -0.2) is 35.8 Å². The molecule has 1 saturated heterocycles. The molecule has 4 nitrogen and oxygen atoms in total. The first-order valence-electron chi connectivity index (χ1n) is 6.29. The molecule has 0 bridgehead atoms. The Balaban J connectivity index is 2.04. The number of nitrogens with one attached hydrogen (secondary N) is 1. The summed E-state index contributed by atoms with van der Waals surface area (Å²) in [6, 6.07) is 2.00. The van der Waals surface area contributed by atoms with Crippen LogP contribution < -0.4 is 5.32 Å². The first kappa shape index (κ1) is 14.5. The number of carbonyl (C=O) groups excluding carboxylic acids is 2. The highest BCUT2D eigenvalue weighted by molar-refractivity contribution is 9.11. The molecule has 1 aliphatic rings. The third-order valence-corrected chi connectivity index (χ3v) is 5.31. The van der Waals surface area contributed by atoms with Gasteiger partial charge in [-0.25, -0.2) is 0 Å². The Hall–Kier alpha value is -0.880. The molecule has 1 aliphatic heterocycles. The van der Waals surface area contributed by atoms with Crippen molar-refractivity contribution in [2.24, 2.45) is 0 Å². The molecule has 0 aromatic carbocycles. The molecule has 1 N–H and O–H groups in total. The van der Waals surface area contributed by atoms with E-state index in [0.717, 1.165) is 33.6 Å². The fourth-order valence-corrected chi connectivity index (χ4v) is 3.79. The van der Waals surface area contributed by atoms with E-state index in [1.54, 1.807) is 0 Å². The summed E-state index contributed by atoms with van der Waals surface area (Å²) in [4.78, 5) is 26.1. The minimum absolute atomic E-state index is 0.0333. The third kappa shape index (κ3) is 3.57. The van der Waals surface area contributed by atoms with Gasteiger partial charge >= 0.3 is 0 Å². The lowest BCUT2D eigenvalue weighted by Gasteiger charge is -2.32. The molecule has 19 heavy (non-hydrogen) atoms. The number of piperidine rings is 1. The molecule has 0 aliphatic carbocycles. The van der Waals surface area contributed by atoms with Gasteiger partial charge in [0, 0.05) is 26.1 Å². The van der Waals surface area contributed by atoms with Gasteiger partial charge in [0.05, 0.1) is 8.66 Å². The smallest absolute Gasteiger partial charge is 0.264 e. The van der Waals surface area contributed by atoms with Gasteiger partial charge in [0.1, 0.15) is 0 Å². The van der Waals surface area contributed by atoms with Gasteiger partial charge in [-0.15, -0.1) is 11.3 Å². The van der Waals surface area contributed by atoms with E-state index in [1.807, 2.05) is 17.9 Å². The van der Waals surface area contributed by atoms with Crippen molar-refractivity contribution in [3.63, 3.8) is 0 Å². The van der Waals surface area contributed by atoms with Gasteiger partial charge in [-0.05, 0) is 47.3 Å². The van der Waals surface area contributed by atoms with Crippen LogP contribution in [0, 0.1) is 6.92 Å². The monoisotopic (exact) mass is 344 g/mol. The van der Waals surface area contributed by atoms with Crippen LogP contribution in [0.4, 0.5) is 0 Å². The van der Waals surface area contributed by atoms with E-state index < -0.39 is 0 Å². The molecule has 1 aromatic heterocycles. The zero-order chi connectivity index (χ0) is 14.0. The second-order valence-corrected chi connectivity index (χ2v) is 7.23. The number of halogens is 1. The zero-order valence-electron chi connectivity index (χ0n) is 11.0. The van der Waals surface area contributed by atoms with Crippen LogP contribution in [0.3, 0.4) is 0 Å². The number of thiophene rings is 1. The molecule has 1 aromatic rings. The number of nitrogens with zero attached hydrogens (tertiary/aromatic N) is 1. The van der Waals surface area contributed by atoms with Gasteiger partial charge < -0.3 is 10.2 Å². The lowest BCUT2D eigenvalue weighted by atomic mass is 10.1. The zero-order valence-corrected chi connectivity index (χ0v) is 13.4. The minimum atomic E-state index is -0.0333. The van der Waals surface area contributed by atoms with Crippen molar-refractivity contribution in [1.29, 1.82) is 0 Å². The predicted molar refractivity (Wildman–Crippen MR) is 79.5 cm³/mol. The van der Waals surface area contributed by atoms with Gasteiger partial charge in [-0.3, -0.25) is 9.59 Å². The standard InChI is InChI=1S/C13H17BrN2O2S/c1-8-6-11(19-12(8)14)13(18)16-5-3-4-10(7-16)15-9(2)17/h6,10H,3-5,7H2,1-2H3,(H,15,17). The van der Waals surface area contributed by atoms with Gasteiger partial charge in [0.15, 0.2) is 0 Å². The van der Waals surface area contributed by atoms with Gasteiger partial charge in [-0.2, -0.15) is 0 Å². The lowest BCUT2D eigenvalue weighted by molar-refractivity contribution is -0.120. The maximum atomic E-state index is 12.4. The van der Waals surface area contributed by atoms with Crippen molar-refractivity contribution in [2.45, 2.75) is 32.7 Å². The number of rotatable bonds is 2. The molecule has 1 atom stereocenters. The molecular formula is C13H17BrN2O2S. The van der Waals surface area contributed by atoms with Crippen LogP contribution in [0.15, 0.2) is 9.85 Å². The summed E-state index contributed by atoms with van der Waals surface area (Å²) in [6.45, 7) is 4.87. The fourth-order valence-electron chi connectivity index (χ4n) is 2.29. The molecule has 1 fully saturated rings. The van der Waals surface area contributed by atoms with Crippen LogP contribution in [-0.2, 0) is 4.79 Å². The fraction of sp³-hybridized carbons (Fsp3) is 0.538. The van der Waals surface area contributed by atoms with E-state index in [1.165, 1.54) is 18.3 Å². The van der Waals surface area contributed by atoms with Crippen molar-refractivity contribution in [3.8, 4) is 0 Å². The normalized spacial score (nSPS) is 19.3. The van der Waals surface area contributed by atoms with Crippen molar-refractivity contribution >= 4 is 39.1 Å². The first-order valence-corrected chi connectivity index (χ1v) is 7.90. The molecule has 104 valence electrons. The number of aryl methyl sites for hydroxylation is 1. The summed E-state index contributed by atoms with van der Waals surface area (Å²) < 4.78 is 1.01. The van der Waals surface area contributed by atoms with Gasteiger partial charge in [0.25, 0.3) is 5.91 Å². The number of amides is 2. The summed E-state index contributed by atoms with van der Waals surface area (Å²) in [5.41, 5.74) is 1.09. The Labute approximate surface area is 125 Å². The van der Waals surface area contributed by atoms with E-state index in [2.05, 4.69) is 21.2 Å². The molecule has 0 saturated carbocycles. The molecule has 0 radical (unpaired) electrons. The summed E-state index contributed by atoms with van der Waals surface area (Å²) in [5.74, 6) is 0.0304. The average molecular weight is 345 g/mol. The summed E-state index contributed by atoms with van der Waals surface area (Å²) in [6.07, 6.45) is 1.87. The Morgan fingerprint density at radius 3 is 2.84 bits per heavy atom. The molecule has 6 heteroatoms. The number of carbonyl (C=O) groups is 2. The van der Waals surface area contributed by atoms with Crippen molar-refractivity contribution in [1.82, 2.24) is 10.2 Å². The highest BCUT2D eigenvalue weighted by Crippen LogP contribution is 2.28. The molecule has 0 spiro atoms. The topological polar surface area (TPSA) is 49.4 Å². The van der Waals surface area contributed by atoms with E-state index in [-0.39, 0.29) is 17.9 Å². The Morgan fingerprint density at radius 1 is 1.53 bits per heavy atom. The Morgan fingerprint density at radius 2 is 2.26 bits per heavy atom. The molecule has 2 rings (SSSR count). The highest BCUT2D eigenvalue weighted by atomic mass is 79.9. The molecule has 2 amide bonds. The van der Waals surface area contributed by atoms with E-state index in [0.29, 0.717) is 6.54 Å². The van der Waals surface area contributed by atoms with Crippen molar-refractivity contribution in [3.05, 3.63) is 20.3 Å². The second-order valence-electron chi connectivity index (χ2n) is 4.86. The van der Waals surface area contributed by atoms with Crippen LogP contribution in [0.1, 0.15) is 35.0 Å². The molecule has 1 unspecified atom stereocenters. The molecule has 2 heterocycles. The third-order valence-electron chi connectivity index (χ3n) is 3.18. The summed E-state index contributed by atoms with van der Waals surface area (Å²) in [5, 5.41) is 2.90. The van der Waals surface area contributed by atoms with Gasteiger partial charge in [-0.1, -0.05) is 0 Å².